The van der Waals surface area contributed by atoms with Crippen LogP contribution in [0.4, 0.5) is 0 Å². The van der Waals surface area contributed by atoms with E-state index in [-0.39, 0.29) is 5.91 Å². The molecule has 2 aliphatic rings. The molecule has 6 nitrogen and oxygen atoms in total. The van der Waals surface area contributed by atoms with Gasteiger partial charge in [0.2, 0.25) is 5.91 Å². The highest BCUT2D eigenvalue weighted by molar-refractivity contribution is 5.80. The predicted octanol–water partition coefficient (Wildman–Crippen LogP) is 2.06. The lowest BCUT2D eigenvalue weighted by atomic mass is 10.1. The van der Waals surface area contributed by atoms with Crippen molar-refractivity contribution in [3.05, 3.63) is 35.9 Å². The summed E-state index contributed by atoms with van der Waals surface area (Å²) in [6.45, 7) is 4.96. The third kappa shape index (κ3) is 7.15. The molecule has 28 heavy (non-hydrogen) atoms. The minimum absolute atomic E-state index is 0.262. The first-order valence-corrected chi connectivity index (χ1v) is 10.6. The van der Waals surface area contributed by atoms with Gasteiger partial charge in [-0.1, -0.05) is 30.3 Å². The van der Waals surface area contributed by atoms with Crippen LogP contribution < -0.4 is 10.6 Å². The molecule has 6 heteroatoms. The molecule has 2 fully saturated rings. The van der Waals surface area contributed by atoms with Crippen LogP contribution >= 0.6 is 0 Å². The lowest BCUT2D eigenvalue weighted by molar-refractivity contribution is -0.127. The van der Waals surface area contributed by atoms with Crippen LogP contribution in [0.3, 0.4) is 0 Å². The molecule has 0 radical (unpaired) electrons. The van der Waals surface area contributed by atoms with E-state index in [9.17, 15) is 4.79 Å². The van der Waals surface area contributed by atoms with E-state index in [1.807, 2.05) is 23.1 Å². The molecule has 3 rings (SSSR count). The van der Waals surface area contributed by atoms with Crippen LogP contribution in [0.1, 0.15) is 31.2 Å². The third-order valence-electron chi connectivity index (χ3n) is 5.40. The number of amides is 1. The van der Waals surface area contributed by atoms with Crippen LogP contribution in [0, 0.1) is 11.8 Å². The number of rotatable bonds is 11. The van der Waals surface area contributed by atoms with Crippen molar-refractivity contribution in [2.75, 3.05) is 46.4 Å². The molecule has 0 spiro atoms. The Morgan fingerprint density at radius 1 is 1.21 bits per heavy atom. The van der Waals surface area contributed by atoms with Crippen molar-refractivity contribution in [3.8, 4) is 0 Å². The molecule has 2 N–H and O–H groups in total. The Hall–Kier alpha value is -2.08. The fourth-order valence-corrected chi connectivity index (χ4v) is 3.49. The van der Waals surface area contributed by atoms with Crippen LogP contribution in [-0.2, 0) is 16.0 Å². The molecule has 0 bridgehead atoms. The number of carbonyl (C=O) groups excluding carboxylic acids is 1. The van der Waals surface area contributed by atoms with Crippen LogP contribution in [0.2, 0.25) is 0 Å². The summed E-state index contributed by atoms with van der Waals surface area (Å²) < 4.78 is 5.65. The van der Waals surface area contributed by atoms with Crippen LogP contribution in [0.25, 0.3) is 0 Å². The molecule has 1 aromatic rings. The molecular weight excluding hydrogens is 352 g/mol. The van der Waals surface area contributed by atoms with Gasteiger partial charge >= 0.3 is 0 Å². The number of aliphatic imine (C=N–C) groups is 1. The van der Waals surface area contributed by atoms with Gasteiger partial charge in [0.1, 0.15) is 0 Å². The maximum atomic E-state index is 12.3. The number of nitrogens with one attached hydrogen (secondary N) is 2. The number of ether oxygens (including phenoxy) is 1. The van der Waals surface area contributed by atoms with Crippen LogP contribution in [-0.4, -0.2) is 63.2 Å². The average Bonchev–Trinajstić information content (AvgIpc) is 3.48. The predicted molar refractivity (Wildman–Crippen MR) is 112 cm³/mol. The highest BCUT2D eigenvalue weighted by atomic mass is 16.5. The lowest BCUT2D eigenvalue weighted by Gasteiger charge is -2.18. The van der Waals surface area contributed by atoms with Crippen molar-refractivity contribution >= 4 is 11.9 Å². The summed E-state index contributed by atoms with van der Waals surface area (Å²) in [5, 5.41) is 6.69. The Bertz CT molecular complexity index is 631. The van der Waals surface area contributed by atoms with E-state index in [2.05, 4.69) is 27.8 Å². The summed E-state index contributed by atoms with van der Waals surface area (Å²) in [5.41, 5.74) is 1.28. The zero-order valence-electron chi connectivity index (χ0n) is 17.0. The molecule has 154 valence electrons. The second-order valence-corrected chi connectivity index (χ2v) is 7.90. The normalized spacial score (nSPS) is 19.9. The number of benzene rings is 1. The molecule has 0 aromatic heterocycles. The van der Waals surface area contributed by atoms with Gasteiger partial charge in [0.15, 0.2) is 5.96 Å². The van der Waals surface area contributed by atoms with Gasteiger partial charge in [-0.15, -0.1) is 0 Å². The fourth-order valence-electron chi connectivity index (χ4n) is 3.49. The van der Waals surface area contributed by atoms with Gasteiger partial charge in [0, 0.05) is 58.8 Å². The Labute approximate surface area is 168 Å². The number of hydrogen-bond acceptors (Lipinski definition) is 3. The summed E-state index contributed by atoms with van der Waals surface area (Å²) in [5.74, 6) is 2.23. The van der Waals surface area contributed by atoms with E-state index in [0.717, 1.165) is 64.1 Å². The van der Waals surface area contributed by atoms with Crippen LogP contribution in [0.5, 0.6) is 0 Å². The standard InChI is InChI=1S/C22H34N4O2/c1-23-22(24-11-5-13-28-17-19-8-9-19)25-15-20-14-21(27)26(16-20)12-10-18-6-3-2-4-7-18/h2-4,6-7,19-20H,5,8-17H2,1H3,(H2,23,24,25). The Balaban J connectivity index is 1.28. The second-order valence-electron chi connectivity index (χ2n) is 7.90. The van der Waals surface area contributed by atoms with E-state index in [0.29, 0.717) is 12.3 Å². The van der Waals surface area contributed by atoms with Crippen LogP contribution in [0.15, 0.2) is 35.3 Å². The zero-order chi connectivity index (χ0) is 19.6. The number of nitrogens with zero attached hydrogens (tertiary/aromatic N) is 2. The topological polar surface area (TPSA) is 66.0 Å². The van der Waals surface area contributed by atoms with Crippen molar-refractivity contribution in [3.63, 3.8) is 0 Å². The number of carbonyl (C=O) groups is 1. The van der Waals surface area contributed by atoms with E-state index in [1.54, 1.807) is 7.05 Å². The average molecular weight is 387 g/mol. The number of hydrogen-bond donors (Lipinski definition) is 2. The molecule has 1 unspecified atom stereocenters. The van der Waals surface area contributed by atoms with Crippen molar-refractivity contribution < 1.29 is 9.53 Å². The molecule has 1 saturated carbocycles. The van der Waals surface area contributed by atoms with Gasteiger partial charge in [-0.2, -0.15) is 0 Å². The summed E-state index contributed by atoms with van der Waals surface area (Å²) in [7, 11) is 1.78. The van der Waals surface area contributed by atoms with Crippen molar-refractivity contribution in [1.82, 2.24) is 15.5 Å². The highest BCUT2D eigenvalue weighted by Gasteiger charge is 2.29. The van der Waals surface area contributed by atoms with E-state index >= 15 is 0 Å². The fraction of sp³-hybridized carbons (Fsp3) is 0.636. The van der Waals surface area contributed by atoms with Gasteiger partial charge in [0.05, 0.1) is 0 Å². The summed E-state index contributed by atoms with van der Waals surface area (Å²) in [6.07, 6.45) is 5.18. The summed E-state index contributed by atoms with van der Waals surface area (Å²) in [6, 6.07) is 10.4. The van der Waals surface area contributed by atoms with Gasteiger partial charge < -0.3 is 20.3 Å². The SMILES string of the molecule is CN=C(NCCCOCC1CC1)NCC1CC(=O)N(CCc2ccccc2)C1. The minimum Gasteiger partial charge on any atom is -0.381 e. The van der Waals surface area contributed by atoms with Crippen molar-refractivity contribution in [1.29, 1.82) is 0 Å². The Morgan fingerprint density at radius 2 is 2.04 bits per heavy atom. The van der Waals surface area contributed by atoms with E-state index in [1.165, 1.54) is 18.4 Å². The molecule has 1 aliphatic carbocycles. The van der Waals surface area contributed by atoms with Crippen molar-refractivity contribution in [2.24, 2.45) is 16.8 Å². The molecule has 1 heterocycles. The molecule has 1 atom stereocenters. The van der Waals surface area contributed by atoms with E-state index < -0.39 is 0 Å². The quantitative estimate of drug-likeness (QED) is 0.347. The Morgan fingerprint density at radius 3 is 2.79 bits per heavy atom. The smallest absolute Gasteiger partial charge is 0.223 e. The summed E-state index contributed by atoms with van der Waals surface area (Å²) in [4.78, 5) is 18.6. The maximum Gasteiger partial charge on any atom is 0.223 e. The monoisotopic (exact) mass is 386 g/mol. The number of likely N-dealkylation sites (tertiary alicyclic amines) is 1. The second kappa shape index (κ2) is 11.1. The molecule has 1 aromatic carbocycles. The largest absolute Gasteiger partial charge is 0.381 e. The van der Waals surface area contributed by atoms with Gasteiger partial charge in [-0.25, -0.2) is 0 Å². The molecule has 1 aliphatic heterocycles. The molecular formula is C22H34N4O2. The third-order valence-corrected chi connectivity index (χ3v) is 5.40. The molecule has 1 amide bonds. The van der Waals surface area contributed by atoms with E-state index in [4.69, 9.17) is 4.74 Å². The Kier molecular flexibility index (Phi) is 8.15. The zero-order valence-corrected chi connectivity index (χ0v) is 17.0. The lowest BCUT2D eigenvalue weighted by Crippen LogP contribution is -2.40. The van der Waals surface area contributed by atoms with Gasteiger partial charge in [0.25, 0.3) is 0 Å². The minimum atomic E-state index is 0.262. The van der Waals surface area contributed by atoms with Gasteiger partial charge in [-0.3, -0.25) is 9.79 Å². The first kappa shape index (κ1) is 20.6. The van der Waals surface area contributed by atoms with Crippen molar-refractivity contribution in [2.45, 2.75) is 32.1 Å². The number of guanidine groups is 1. The summed E-state index contributed by atoms with van der Waals surface area (Å²) >= 11 is 0. The van der Waals surface area contributed by atoms with Gasteiger partial charge in [-0.05, 0) is 37.2 Å². The first-order chi connectivity index (χ1) is 13.7. The first-order valence-electron chi connectivity index (χ1n) is 10.6. The highest BCUT2D eigenvalue weighted by Crippen LogP contribution is 2.28. The maximum absolute atomic E-state index is 12.3. The molecule has 1 saturated heterocycles.